The van der Waals surface area contributed by atoms with Crippen LogP contribution >= 0.6 is 0 Å². The average molecular weight is 230 g/mol. The van der Waals surface area contributed by atoms with Gasteiger partial charge in [-0.25, -0.2) is 0 Å². The number of nitrogens with one attached hydrogen (secondary N) is 1. The minimum atomic E-state index is -0.817. The van der Waals surface area contributed by atoms with Gasteiger partial charge in [0.2, 0.25) is 5.91 Å². The minimum absolute atomic E-state index is 0.0299. The van der Waals surface area contributed by atoms with Crippen molar-refractivity contribution in [3.8, 4) is 0 Å². The molecule has 0 aliphatic rings. The largest absolute Gasteiger partial charge is 0.481 e. The summed E-state index contributed by atoms with van der Waals surface area (Å²) in [6.07, 6.45) is 0.614. The maximum Gasteiger partial charge on any atom is 0.303 e. The van der Waals surface area contributed by atoms with Crippen molar-refractivity contribution in [2.24, 2.45) is 0 Å². The van der Waals surface area contributed by atoms with Gasteiger partial charge >= 0.3 is 5.97 Å². The molecule has 1 amide bonds. The zero-order chi connectivity index (χ0) is 12.6. The topological polar surface area (TPSA) is 69.6 Å². The molecule has 0 saturated carbocycles. The zero-order valence-corrected chi connectivity index (χ0v) is 10.3. The maximum absolute atomic E-state index is 11.7. The lowest BCUT2D eigenvalue weighted by Crippen LogP contribution is -2.42. The van der Waals surface area contributed by atoms with E-state index in [1.165, 1.54) is 0 Å². The standard InChI is InChI=1S/C11H22N2O3/c1-4-12-8-10(14)13(9(2)3)7-5-6-11(15)16/h9,12H,4-8H2,1-3H3,(H,15,16). The highest BCUT2D eigenvalue weighted by molar-refractivity contribution is 5.78. The first kappa shape index (κ1) is 14.9. The first-order valence-electron chi connectivity index (χ1n) is 5.71. The molecule has 0 aliphatic heterocycles. The van der Waals surface area contributed by atoms with E-state index in [0.29, 0.717) is 19.5 Å². The van der Waals surface area contributed by atoms with Crippen molar-refractivity contribution < 1.29 is 14.7 Å². The Hall–Kier alpha value is -1.10. The molecular weight excluding hydrogens is 208 g/mol. The fourth-order valence-electron chi connectivity index (χ4n) is 1.40. The van der Waals surface area contributed by atoms with Gasteiger partial charge in [0.1, 0.15) is 0 Å². The molecule has 0 aromatic heterocycles. The quantitative estimate of drug-likeness (QED) is 0.644. The lowest BCUT2D eigenvalue weighted by atomic mass is 10.2. The Labute approximate surface area is 96.8 Å². The number of carboxylic acids is 1. The van der Waals surface area contributed by atoms with E-state index in [2.05, 4.69) is 5.32 Å². The monoisotopic (exact) mass is 230 g/mol. The summed E-state index contributed by atoms with van der Waals surface area (Å²) in [6.45, 7) is 7.40. The molecule has 0 radical (unpaired) electrons. The third-order valence-electron chi connectivity index (χ3n) is 2.26. The van der Waals surface area contributed by atoms with Gasteiger partial charge in [-0.05, 0) is 26.8 Å². The third-order valence-corrected chi connectivity index (χ3v) is 2.26. The van der Waals surface area contributed by atoms with E-state index in [4.69, 9.17) is 5.11 Å². The smallest absolute Gasteiger partial charge is 0.303 e. The number of amides is 1. The molecule has 94 valence electrons. The fourth-order valence-corrected chi connectivity index (χ4v) is 1.40. The summed E-state index contributed by atoms with van der Waals surface area (Å²) in [7, 11) is 0. The second kappa shape index (κ2) is 8.10. The summed E-state index contributed by atoms with van der Waals surface area (Å²) in [5.74, 6) is -0.787. The van der Waals surface area contributed by atoms with Crippen LogP contribution in [0.1, 0.15) is 33.6 Å². The van der Waals surface area contributed by atoms with E-state index >= 15 is 0 Å². The molecule has 0 aromatic carbocycles. The van der Waals surface area contributed by atoms with Crippen LogP contribution in [-0.4, -0.2) is 47.6 Å². The number of nitrogens with zero attached hydrogens (tertiary/aromatic N) is 1. The SMILES string of the molecule is CCNCC(=O)N(CCCC(=O)O)C(C)C. The van der Waals surface area contributed by atoms with E-state index in [-0.39, 0.29) is 18.4 Å². The van der Waals surface area contributed by atoms with Crippen LogP contribution in [0.15, 0.2) is 0 Å². The molecule has 0 unspecified atom stereocenters. The fraction of sp³-hybridized carbons (Fsp3) is 0.818. The van der Waals surface area contributed by atoms with E-state index in [0.717, 1.165) is 6.54 Å². The summed E-state index contributed by atoms with van der Waals surface area (Å²) in [5.41, 5.74) is 0. The Balaban J connectivity index is 4.05. The molecule has 0 saturated heterocycles. The highest BCUT2D eigenvalue weighted by Gasteiger charge is 2.15. The number of carboxylic acid groups (broad SMARTS) is 1. The second-order valence-electron chi connectivity index (χ2n) is 3.96. The van der Waals surface area contributed by atoms with Gasteiger partial charge in [-0.2, -0.15) is 0 Å². The Morgan fingerprint density at radius 1 is 1.38 bits per heavy atom. The number of carbonyl (C=O) groups excluding carboxylic acids is 1. The highest BCUT2D eigenvalue weighted by Crippen LogP contribution is 2.02. The van der Waals surface area contributed by atoms with Gasteiger partial charge in [-0.15, -0.1) is 0 Å². The van der Waals surface area contributed by atoms with E-state index < -0.39 is 5.97 Å². The molecular formula is C11H22N2O3. The van der Waals surface area contributed by atoms with Crippen LogP contribution in [0.2, 0.25) is 0 Å². The Morgan fingerprint density at radius 2 is 2.00 bits per heavy atom. The first-order valence-corrected chi connectivity index (χ1v) is 5.71. The Kier molecular flexibility index (Phi) is 7.54. The number of aliphatic carboxylic acids is 1. The molecule has 0 aliphatic carbocycles. The van der Waals surface area contributed by atoms with Crippen molar-refractivity contribution in [2.75, 3.05) is 19.6 Å². The molecule has 0 aromatic rings. The van der Waals surface area contributed by atoms with Gasteiger partial charge in [0.25, 0.3) is 0 Å². The van der Waals surface area contributed by atoms with Crippen LogP contribution in [0.3, 0.4) is 0 Å². The van der Waals surface area contributed by atoms with Gasteiger partial charge in [-0.3, -0.25) is 9.59 Å². The van der Waals surface area contributed by atoms with Crippen LogP contribution in [0.25, 0.3) is 0 Å². The van der Waals surface area contributed by atoms with Crippen molar-refractivity contribution in [1.82, 2.24) is 10.2 Å². The predicted molar refractivity (Wildman–Crippen MR) is 62.3 cm³/mol. The average Bonchev–Trinajstić information content (AvgIpc) is 2.20. The molecule has 0 spiro atoms. The first-order chi connectivity index (χ1) is 7.49. The third kappa shape index (κ3) is 6.40. The number of rotatable bonds is 8. The number of carbonyl (C=O) groups is 2. The van der Waals surface area contributed by atoms with Crippen LogP contribution in [0.5, 0.6) is 0 Å². The van der Waals surface area contributed by atoms with E-state index in [9.17, 15) is 9.59 Å². The van der Waals surface area contributed by atoms with Gasteiger partial charge < -0.3 is 15.3 Å². The van der Waals surface area contributed by atoms with Crippen molar-refractivity contribution in [2.45, 2.75) is 39.7 Å². The van der Waals surface area contributed by atoms with Crippen molar-refractivity contribution in [3.05, 3.63) is 0 Å². The number of likely N-dealkylation sites (N-methyl/N-ethyl adjacent to an activating group) is 1. The lowest BCUT2D eigenvalue weighted by molar-refractivity contribution is -0.138. The minimum Gasteiger partial charge on any atom is -0.481 e. The summed E-state index contributed by atoms with van der Waals surface area (Å²) in [4.78, 5) is 23.8. The molecule has 0 bridgehead atoms. The molecule has 0 rings (SSSR count). The summed E-state index contributed by atoms with van der Waals surface area (Å²) in [6, 6.07) is 0.111. The maximum atomic E-state index is 11.7. The Bertz CT molecular complexity index is 229. The highest BCUT2D eigenvalue weighted by atomic mass is 16.4. The van der Waals surface area contributed by atoms with Gasteiger partial charge in [-0.1, -0.05) is 6.92 Å². The van der Waals surface area contributed by atoms with Crippen LogP contribution < -0.4 is 5.32 Å². The molecule has 5 nitrogen and oxygen atoms in total. The predicted octanol–water partition coefficient (Wildman–Crippen LogP) is 0.698. The summed E-state index contributed by atoms with van der Waals surface area (Å²) in [5, 5.41) is 11.5. The van der Waals surface area contributed by atoms with Crippen molar-refractivity contribution in [3.63, 3.8) is 0 Å². The van der Waals surface area contributed by atoms with Crippen molar-refractivity contribution in [1.29, 1.82) is 0 Å². The molecule has 5 heteroatoms. The molecule has 0 heterocycles. The Morgan fingerprint density at radius 3 is 2.44 bits per heavy atom. The number of hydrogen-bond donors (Lipinski definition) is 2. The molecule has 0 fully saturated rings. The zero-order valence-electron chi connectivity index (χ0n) is 10.3. The van der Waals surface area contributed by atoms with E-state index in [1.807, 2.05) is 20.8 Å². The van der Waals surface area contributed by atoms with Gasteiger partial charge in [0.05, 0.1) is 6.54 Å². The molecule has 2 N–H and O–H groups in total. The van der Waals surface area contributed by atoms with Crippen molar-refractivity contribution >= 4 is 11.9 Å². The normalized spacial score (nSPS) is 10.5. The lowest BCUT2D eigenvalue weighted by Gasteiger charge is -2.26. The van der Waals surface area contributed by atoms with Gasteiger partial charge in [0.15, 0.2) is 0 Å². The molecule has 16 heavy (non-hydrogen) atoms. The second-order valence-corrected chi connectivity index (χ2v) is 3.96. The van der Waals surface area contributed by atoms with Crippen LogP contribution in [0, 0.1) is 0 Å². The number of hydrogen-bond acceptors (Lipinski definition) is 3. The summed E-state index contributed by atoms with van der Waals surface area (Å²) < 4.78 is 0. The van der Waals surface area contributed by atoms with Gasteiger partial charge in [0, 0.05) is 19.0 Å². The van der Waals surface area contributed by atoms with E-state index in [1.54, 1.807) is 4.90 Å². The van der Waals surface area contributed by atoms with Crippen LogP contribution in [-0.2, 0) is 9.59 Å². The van der Waals surface area contributed by atoms with Crippen LogP contribution in [0.4, 0.5) is 0 Å². The summed E-state index contributed by atoms with van der Waals surface area (Å²) >= 11 is 0. The molecule has 0 atom stereocenters.